The lowest BCUT2D eigenvalue weighted by Gasteiger charge is -1.93. The Bertz CT molecular complexity index is 290. The van der Waals surface area contributed by atoms with E-state index in [1.165, 1.54) is 17.7 Å². The van der Waals surface area contributed by atoms with Crippen LogP contribution in [-0.4, -0.2) is 16.3 Å². The van der Waals surface area contributed by atoms with Gasteiger partial charge in [-0.2, -0.15) is 5.10 Å². The topological polar surface area (TPSA) is 43.8 Å². The molecule has 0 bridgehead atoms. The molecule has 1 heterocycles. The first kappa shape index (κ1) is 7.80. The summed E-state index contributed by atoms with van der Waals surface area (Å²) in [6.07, 6.45) is 3.30. The first-order chi connectivity index (χ1) is 5.72. The average molecular weight is 165 g/mol. The number of nitrogens with zero attached hydrogens (tertiary/aromatic N) is 2. The number of aromatic nitrogens is 2. The summed E-state index contributed by atoms with van der Waals surface area (Å²) in [5, 5.41) is 4.43. The van der Waals surface area contributed by atoms with Crippen LogP contribution in [0, 0.1) is 12.8 Å². The summed E-state index contributed by atoms with van der Waals surface area (Å²) in [5.41, 5.74) is 8.15. The van der Waals surface area contributed by atoms with E-state index in [1.807, 2.05) is 11.7 Å². The lowest BCUT2D eigenvalue weighted by Crippen LogP contribution is -2.02. The van der Waals surface area contributed by atoms with Crippen LogP contribution in [0.4, 0.5) is 0 Å². The quantitative estimate of drug-likeness (QED) is 0.704. The maximum atomic E-state index is 5.58. The zero-order valence-corrected chi connectivity index (χ0v) is 7.62. The zero-order chi connectivity index (χ0) is 8.72. The Morgan fingerprint density at radius 1 is 1.75 bits per heavy atom. The monoisotopic (exact) mass is 165 g/mol. The minimum atomic E-state index is 0.649. The zero-order valence-electron chi connectivity index (χ0n) is 7.62. The van der Waals surface area contributed by atoms with Crippen molar-refractivity contribution in [2.24, 2.45) is 18.7 Å². The highest BCUT2D eigenvalue weighted by Crippen LogP contribution is 2.46. The summed E-state index contributed by atoms with van der Waals surface area (Å²) in [7, 11) is 1.97. The van der Waals surface area contributed by atoms with Crippen LogP contribution in [0.1, 0.15) is 23.6 Å². The number of hydrogen-bond donors (Lipinski definition) is 1. The lowest BCUT2D eigenvalue weighted by atomic mass is 10.2. The van der Waals surface area contributed by atoms with Gasteiger partial charge in [0.05, 0.1) is 5.69 Å². The van der Waals surface area contributed by atoms with E-state index < -0.39 is 0 Å². The van der Waals surface area contributed by atoms with Crippen molar-refractivity contribution >= 4 is 0 Å². The predicted octanol–water partition coefficient (Wildman–Crippen LogP) is 0.791. The van der Waals surface area contributed by atoms with Gasteiger partial charge in [-0.25, -0.2) is 0 Å². The Kier molecular flexibility index (Phi) is 1.68. The maximum Gasteiger partial charge on any atom is 0.0687 e. The predicted molar refractivity (Wildman–Crippen MR) is 47.8 cm³/mol. The van der Waals surface area contributed by atoms with Crippen molar-refractivity contribution in [3.63, 3.8) is 0 Å². The Hall–Kier alpha value is -0.830. The van der Waals surface area contributed by atoms with E-state index >= 15 is 0 Å². The highest BCUT2D eigenvalue weighted by atomic mass is 15.3. The first-order valence-electron chi connectivity index (χ1n) is 4.42. The third kappa shape index (κ3) is 1.14. The van der Waals surface area contributed by atoms with Crippen LogP contribution in [0.5, 0.6) is 0 Å². The van der Waals surface area contributed by atoms with E-state index in [-0.39, 0.29) is 0 Å². The normalized spacial score (nSPS) is 27.6. The fraction of sp³-hybridized carbons (Fsp3) is 0.667. The Labute approximate surface area is 72.6 Å². The molecule has 1 aromatic rings. The second-order valence-corrected chi connectivity index (χ2v) is 3.71. The molecule has 0 aliphatic heterocycles. The molecule has 3 nitrogen and oxygen atoms in total. The highest BCUT2D eigenvalue weighted by Gasteiger charge is 2.39. The molecular weight excluding hydrogens is 150 g/mol. The Morgan fingerprint density at radius 3 is 2.92 bits per heavy atom. The molecule has 0 amide bonds. The number of rotatable bonds is 2. The van der Waals surface area contributed by atoms with E-state index in [0.717, 1.165) is 6.54 Å². The third-order valence-corrected chi connectivity index (χ3v) is 2.63. The smallest absolute Gasteiger partial charge is 0.0687 e. The summed E-state index contributed by atoms with van der Waals surface area (Å²) < 4.78 is 1.89. The van der Waals surface area contributed by atoms with Crippen molar-refractivity contribution in [2.45, 2.75) is 19.3 Å². The largest absolute Gasteiger partial charge is 0.330 e. The van der Waals surface area contributed by atoms with Crippen molar-refractivity contribution in [3.8, 4) is 0 Å². The molecule has 12 heavy (non-hydrogen) atoms. The molecule has 2 N–H and O–H groups in total. The van der Waals surface area contributed by atoms with Gasteiger partial charge in [-0.05, 0) is 31.4 Å². The van der Waals surface area contributed by atoms with Crippen molar-refractivity contribution in [1.82, 2.24) is 9.78 Å². The summed E-state index contributed by atoms with van der Waals surface area (Å²) >= 11 is 0. The van der Waals surface area contributed by atoms with Gasteiger partial charge in [-0.3, -0.25) is 4.68 Å². The highest BCUT2D eigenvalue weighted by molar-refractivity contribution is 5.25. The molecule has 66 valence electrons. The third-order valence-electron chi connectivity index (χ3n) is 2.63. The molecule has 3 heteroatoms. The van der Waals surface area contributed by atoms with Gasteiger partial charge in [0.15, 0.2) is 0 Å². The molecule has 0 aromatic carbocycles. The molecule has 1 aromatic heterocycles. The molecule has 1 saturated carbocycles. The van der Waals surface area contributed by atoms with Gasteiger partial charge in [0.25, 0.3) is 0 Å². The van der Waals surface area contributed by atoms with Crippen molar-refractivity contribution in [1.29, 1.82) is 0 Å². The van der Waals surface area contributed by atoms with E-state index in [4.69, 9.17) is 5.73 Å². The number of hydrogen-bond acceptors (Lipinski definition) is 2. The molecular formula is C9H15N3. The van der Waals surface area contributed by atoms with Crippen LogP contribution >= 0.6 is 0 Å². The van der Waals surface area contributed by atoms with E-state index in [2.05, 4.69) is 18.2 Å². The van der Waals surface area contributed by atoms with Gasteiger partial charge in [-0.1, -0.05) is 0 Å². The fourth-order valence-corrected chi connectivity index (χ4v) is 1.83. The second kappa shape index (κ2) is 2.59. The van der Waals surface area contributed by atoms with Crippen LogP contribution in [0.2, 0.25) is 0 Å². The minimum Gasteiger partial charge on any atom is -0.330 e. The van der Waals surface area contributed by atoms with Crippen LogP contribution in [0.25, 0.3) is 0 Å². The summed E-state index contributed by atoms with van der Waals surface area (Å²) in [5.74, 6) is 1.34. The second-order valence-electron chi connectivity index (χ2n) is 3.71. The molecule has 0 saturated heterocycles. The SMILES string of the molecule is Cc1cn(C)nc1C1CC1CN. The molecule has 0 spiro atoms. The molecule has 0 radical (unpaired) electrons. The maximum absolute atomic E-state index is 5.58. The van der Waals surface area contributed by atoms with Crippen LogP contribution < -0.4 is 5.73 Å². The van der Waals surface area contributed by atoms with Crippen molar-refractivity contribution in [2.75, 3.05) is 6.54 Å². The van der Waals surface area contributed by atoms with Crippen LogP contribution in [0.15, 0.2) is 6.20 Å². The molecule has 2 rings (SSSR count). The van der Waals surface area contributed by atoms with E-state index in [1.54, 1.807) is 0 Å². The molecule has 1 aliphatic carbocycles. The minimum absolute atomic E-state index is 0.649. The summed E-state index contributed by atoms with van der Waals surface area (Å²) in [6.45, 7) is 2.93. The van der Waals surface area contributed by atoms with Gasteiger partial charge in [0.1, 0.15) is 0 Å². The number of aryl methyl sites for hydroxylation is 2. The summed E-state index contributed by atoms with van der Waals surface area (Å²) in [6, 6.07) is 0. The Balaban J connectivity index is 2.19. The van der Waals surface area contributed by atoms with Crippen LogP contribution in [-0.2, 0) is 7.05 Å². The standard InChI is InChI=1S/C9H15N3/c1-6-5-12(2)11-9(6)8-3-7(8)4-10/h5,7-8H,3-4,10H2,1-2H3. The van der Waals surface area contributed by atoms with Gasteiger partial charge in [-0.15, -0.1) is 0 Å². The fourth-order valence-electron chi connectivity index (χ4n) is 1.83. The van der Waals surface area contributed by atoms with Gasteiger partial charge in [0, 0.05) is 19.2 Å². The van der Waals surface area contributed by atoms with Gasteiger partial charge >= 0.3 is 0 Å². The lowest BCUT2D eigenvalue weighted by molar-refractivity contribution is 0.725. The Morgan fingerprint density at radius 2 is 2.50 bits per heavy atom. The average Bonchev–Trinajstić information content (AvgIpc) is 2.72. The van der Waals surface area contributed by atoms with Gasteiger partial charge in [0.2, 0.25) is 0 Å². The van der Waals surface area contributed by atoms with E-state index in [0.29, 0.717) is 11.8 Å². The van der Waals surface area contributed by atoms with Crippen LogP contribution in [0.3, 0.4) is 0 Å². The first-order valence-corrected chi connectivity index (χ1v) is 4.42. The molecule has 2 unspecified atom stereocenters. The van der Waals surface area contributed by atoms with E-state index in [9.17, 15) is 0 Å². The molecule has 2 atom stereocenters. The van der Waals surface area contributed by atoms with Crippen molar-refractivity contribution < 1.29 is 0 Å². The summed E-state index contributed by atoms with van der Waals surface area (Å²) in [4.78, 5) is 0. The molecule has 1 aliphatic rings. The van der Waals surface area contributed by atoms with Gasteiger partial charge < -0.3 is 5.73 Å². The van der Waals surface area contributed by atoms with Crippen molar-refractivity contribution in [3.05, 3.63) is 17.5 Å². The molecule has 1 fully saturated rings. The number of nitrogens with two attached hydrogens (primary N) is 1.